The smallest absolute Gasteiger partial charge is 0.241 e. The monoisotopic (exact) mass is 370 g/mol. The zero-order valence-corrected chi connectivity index (χ0v) is 13.0. The molecule has 1 saturated carbocycles. The van der Waals surface area contributed by atoms with Crippen molar-refractivity contribution in [3.63, 3.8) is 0 Å². The van der Waals surface area contributed by atoms with Crippen molar-refractivity contribution in [3.8, 4) is 0 Å². The molecular formula is C15H19IN2O. The Morgan fingerprint density at radius 3 is 2.95 bits per heavy atom. The van der Waals surface area contributed by atoms with Crippen molar-refractivity contribution >= 4 is 34.2 Å². The predicted octanol–water partition coefficient (Wildman–Crippen LogP) is 3.15. The summed E-state index contributed by atoms with van der Waals surface area (Å²) in [6.07, 6.45) is 6.15. The van der Waals surface area contributed by atoms with Crippen LogP contribution in [-0.4, -0.2) is 18.0 Å². The fraction of sp³-hybridized carbons (Fsp3) is 0.533. The highest BCUT2D eigenvalue weighted by molar-refractivity contribution is 14.1. The van der Waals surface area contributed by atoms with Crippen LogP contribution < -0.4 is 10.6 Å². The minimum absolute atomic E-state index is 0.00836. The zero-order valence-electron chi connectivity index (χ0n) is 10.9. The Morgan fingerprint density at radius 2 is 2.16 bits per heavy atom. The van der Waals surface area contributed by atoms with E-state index in [0.29, 0.717) is 12.0 Å². The first-order chi connectivity index (χ1) is 9.22. The summed E-state index contributed by atoms with van der Waals surface area (Å²) in [4.78, 5) is 12.3. The topological polar surface area (TPSA) is 41.1 Å². The third-order valence-corrected chi connectivity index (χ3v) is 4.94. The standard InChI is InChI=1S/C15H19IN2O/c16-11-5-3-6-12(9-11)17-15(19)14-8-10-4-1-2-7-13(10)18-14/h3,5-6,9-10,13-14,18H,1-2,4,7-8H2,(H,17,19). The van der Waals surface area contributed by atoms with Gasteiger partial charge >= 0.3 is 0 Å². The largest absolute Gasteiger partial charge is 0.325 e. The maximum atomic E-state index is 12.3. The minimum Gasteiger partial charge on any atom is -0.325 e. The Labute approximate surface area is 127 Å². The van der Waals surface area contributed by atoms with E-state index in [1.165, 1.54) is 25.7 Å². The molecule has 1 saturated heterocycles. The summed E-state index contributed by atoms with van der Waals surface area (Å²) in [5, 5.41) is 6.54. The van der Waals surface area contributed by atoms with Crippen LogP contribution in [0, 0.1) is 9.49 Å². The number of benzene rings is 1. The molecule has 3 rings (SSSR count). The van der Waals surface area contributed by atoms with Crippen LogP contribution in [0.4, 0.5) is 5.69 Å². The van der Waals surface area contributed by atoms with Crippen molar-refractivity contribution in [2.24, 2.45) is 5.92 Å². The molecule has 0 aromatic heterocycles. The van der Waals surface area contributed by atoms with Crippen molar-refractivity contribution < 1.29 is 4.79 Å². The van der Waals surface area contributed by atoms with Crippen molar-refractivity contribution in [2.75, 3.05) is 5.32 Å². The summed E-state index contributed by atoms with van der Waals surface area (Å²) >= 11 is 2.26. The third kappa shape index (κ3) is 3.11. The fourth-order valence-corrected chi connectivity index (χ4v) is 3.86. The number of fused-ring (bicyclic) bond motifs is 1. The molecule has 3 unspecified atom stereocenters. The Balaban J connectivity index is 1.62. The highest BCUT2D eigenvalue weighted by Gasteiger charge is 2.38. The van der Waals surface area contributed by atoms with Gasteiger partial charge in [-0.05, 0) is 66.0 Å². The molecule has 0 radical (unpaired) electrons. The molecule has 4 heteroatoms. The van der Waals surface area contributed by atoms with Crippen LogP contribution in [0.2, 0.25) is 0 Å². The van der Waals surface area contributed by atoms with Gasteiger partial charge in [0.2, 0.25) is 5.91 Å². The SMILES string of the molecule is O=C(Nc1cccc(I)c1)C1CC2CCCCC2N1. The lowest BCUT2D eigenvalue weighted by Crippen LogP contribution is -2.39. The number of carbonyl (C=O) groups is 1. The van der Waals surface area contributed by atoms with Gasteiger partial charge in [0.1, 0.15) is 0 Å². The molecule has 1 aliphatic carbocycles. The molecule has 2 fully saturated rings. The van der Waals surface area contributed by atoms with Gasteiger partial charge in [-0.25, -0.2) is 0 Å². The van der Waals surface area contributed by atoms with E-state index in [0.717, 1.165) is 15.7 Å². The highest BCUT2D eigenvalue weighted by atomic mass is 127. The molecule has 0 bridgehead atoms. The molecule has 0 spiro atoms. The van der Waals surface area contributed by atoms with E-state index in [1.54, 1.807) is 0 Å². The van der Waals surface area contributed by atoms with E-state index in [9.17, 15) is 4.79 Å². The van der Waals surface area contributed by atoms with Crippen LogP contribution in [0.5, 0.6) is 0 Å². The molecule has 3 atom stereocenters. The first kappa shape index (κ1) is 13.4. The van der Waals surface area contributed by atoms with E-state index in [2.05, 4.69) is 33.2 Å². The number of anilines is 1. The van der Waals surface area contributed by atoms with Gasteiger partial charge < -0.3 is 10.6 Å². The van der Waals surface area contributed by atoms with Gasteiger partial charge in [0, 0.05) is 15.3 Å². The molecule has 1 aromatic carbocycles. The first-order valence-corrected chi connectivity index (χ1v) is 8.13. The molecule has 1 amide bonds. The summed E-state index contributed by atoms with van der Waals surface area (Å²) in [7, 11) is 0. The molecule has 2 aliphatic rings. The summed E-state index contributed by atoms with van der Waals surface area (Å²) in [5.41, 5.74) is 0.897. The lowest BCUT2D eigenvalue weighted by Gasteiger charge is -2.24. The molecule has 1 aromatic rings. The first-order valence-electron chi connectivity index (χ1n) is 7.05. The quantitative estimate of drug-likeness (QED) is 0.786. The van der Waals surface area contributed by atoms with Crippen LogP contribution >= 0.6 is 22.6 Å². The van der Waals surface area contributed by atoms with Gasteiger partial charge in [0.25, 0.3) is 0 Å². The number of halogens is 1. The second-order valence-electron chi connectivity index (χ2n) is 5.61. The Kier molecular flexibility index (Phi) is 4.07. The second-order valence-corrected chi connectivity index (χ2v) is 6.85. The van der Waals surface area contributed by atoms with E-state index in [4.69, 9.17) is 0 Å². The number of hydrogen-bond acceptors (Lipinski definition) is 2. The number of hydrogen-bond donors (Lipinski definition) is 2. The van der Waals surface area contributed by atoms with Crippen LogP contribution in [0.1, 0.15) is 32.1 Å². The van der Waals surface area contributed by atoms with Crippen molar-refractivity contribution in [1.29, 1.82) is 0 Å². The summed E-state index contributed by atoms with van der Waals surface area (Å²) in [5.74, 6) is 0.830. The molecule has 3 nitrogen and oxygen atoms in total. The van der Waals surface area contributed by atoms with Crippen LogP contribution in [0.3, 0.4) is 0 Å². The van der Waals surface area contributed by atoms with Crippen LogP contribution in [-0.2, 0) is 4.79 Å². The van der Waals surface area contributed by atoms with Crippen molar-refractivity contribution in [3.05, 3.63) is 27.8 Å². The lowest BCUT2D eigenvalue weighted by atomic mass is 9.85. The van der Waals surface area contributed by atoms with Crippen molar-refractivity contribution in [2.45, 2.75) is 44.2 Å². The fourth-order valence-electron chi connectivity index (χ4n) is 3.32. The maximum Gasteiger partial charge on any atom is 0.241 e. The van der Waals surface area contributed by atoms with Gasteiger partial charge in [-0.3, -0.25) is 4.79 Å². The van der Waals surface area contributed by atoms with Crippen LogP contribution in [0.15, 0.2) is 24.3 Å². The van der Waals surface area contributed by atoms with Gasteiger partial charge in [-0.1, -0.05) is 18.9 Å². The maximum absolute atomic E-state index is 12.3. The van der Waals surface area contributed by atoms with E-state index in [-0.39, 0.29) is 11.9 Å². The zero-order chi connectivity index (χ0) is 13.2. The Morgan fingerprint density at radius 1 is 1.32 bits per heavy atom. The molecule has 19 heavy (non-hydrogen) atoms. The van der Waals surface area contributed by atoms with Crippen molar-refractivity contribution in [1.82, 2.24) is 5.32 Å². The Hall–Kier alpha value is -0.620. The Bertz CT molecular complexity index is 463. The van der Waals surface area contributed by atoms with E-state index in [1.807, 2.05) is 24.3 Å². The number of carbonyl (C=O) groups excluding carboxylic acids is 1. The second kappa shape index (κ2) is 5.79. The summed E-state index contributed by atoms with van der Waals surface area (Å²) in [6.45, 7) is 0. The molecule has 102 valence electrons. The predicted molar refractivity (Wildman–Crippen MR) is 85.1 cm³/mol. The number of rotatable bonds is 2. The van der Waals surface area contributed by atoms with Crippen LogP contribution in [0.25, 0.3) is 0 Å². The van der Waals surface area contributed by atoms with Gasteiger partial charge in [-0.15, -0.1) is 0 Å². The number of nitrogens with one attached hydrogen (secondary N) is 2. The molecule has 2 N–H and O–H groups in total. The average molecular weight is 370 g/mol. The average Bonchev–Trinajstić information content (AvgIpc) is 2.82. The highest BCUT2D eigenvalue weighted by Crippen LogP contribution is 2.33. The summed E-state index contributed by atoms with van der Waals surface area (Å²) in [6, 6.07) is 8.51. The van der Waals surface area contributed by atoms with E-state index < -0.39 is 0 Å². The minimum atomic E-state index is -0.00836. The van der Waals surface area contributed by atoms with Gasteiger partial charge in [0.05, 0.1) is 6.04 Å². The van der Waals surface area contributed by atoms with E-state index >= 15 is 0 Å². The summed E-state index contributed by atoms with van der Waals surface area (Å²) < 4.78 is 1.14. The molecule has 1 heterocycles. The lowest BCUT2D eigenvalue weighted by molar-refractivity contribution is -0.117. The van der Waals surface area contributed by atoms with Gasteiger partial charge in [-0.2, -0.15) is 0 Å². The number of amides is 1. The normalized spacial score (nSPS) is 29.8. The molecule has 1 aliphatic heterocycles. The molecular weight excluding hydrogens is 351 g/mol. The third-order valence-electron chi connectivity index (χ3n) is 4.27. The van der Waals surface area contributed by atoms with Gasteiger partial charge in [0.15, 0.2) is 0 Å².